The molecule has 0 N–H and O–H groups in total. The molecule has 0 fully saturated rings. The number of ketones is 1. The van der Waals surface area contributed by atoms with Crippen LogP contribution in [0.1, 0.15) is 46.1 Å². The molecule has 0 saturated carbocycles. The van der Waals surface area contributed by atoms with E-state index in [9.17, 15) is 9.59 Å². The molecule has 0 aromatic heterocycles. The van der Waals surface area contributed by atoms with E-state index in [2.05, 4.69) is 95.4 Å². The molecular weight excluding hydrogens is 553 g/mol. The van der Waals surface area contributed by atoms with Gasteiger partial charge in [-0.25, -0.2) is 0 Å². The van der Waals surface area contributed by atoms with Crippen LogP contribution in [0.25, 0.3) is 10.8 Å². The summed E-state index contributed by atoms with van der Waals surface area (Å²) in [5.74, 6) is 2.19. The monoisotopic (exact) mass is 598 g/mol. The SMILES string of the molecule is COC(=O)CSCCCS[C@H]1C(=O)C=C[C@@H]1/C=C/C(C)(CCc1ccc2ccccc2c1)O[Si](C)(C)C(C)(C)C. The van der Waals surface area contributed by atoms with Gasteiger partial charge in [-0.1, -0.05) is 81.5 Å². The lowest BCUT2D eigenvalue weighted by molar-refractivity contribution is -0.137. The second-order valence-corrected chi connectivity index (χ2v) is 19.4. The molecular formula is C33H46O4S2Si. The van der Waals surface area contributed by atoms with Gasteiger partial charge < -0.3 is 9.16 Å². The largest absolute Gasteiger partial charge is 0.468 e. The third-order valence-electron chi connectivity index (χ3n) is 7.98. The van der Waals surface area contributed by atoms with Crippen molar-refractivity contribution in [3.05, 3.63) is 72.3 Å². The summed E-state index contributed by atoms with van der Waals surface area (Å²) in [4.78, 5) is 24.0. The van der Waals surface area contributed by atoms with Gasteiger partial charge in [-0.05, 0) is 78.2 Å². The lowest BCUT2D eigenvalue weighted by atomic mass is 9.93. The molecule has 7 heteroatoms. The number of ether oxygens (including phenoxy) is 1. The van der Waals surface area contributed by atoms with Crippen molar-refractivity contribution in [3.8, 4) is 0 Å². The Kier molecular flexibility index (Phi) is 11.8. The summed E-state index contributed by atoms with van der Waals surface area (Å²) in [5, 5.41) is 2.52. The maximum atomic E-state index is 12.7. The van der Waals surface area contributed by atoms with Gasteiger partial charge in [-0.3, -0.25) is 9.59 Å². The van der Waals surface area contributed by atoms with E-state index in [0.29, 0.717) is 5.75 Å². The van der Waals surface area contributed by atoms with Crippen molar-refractivity contribution < 1.29 is 18.8 Å². The lowest BCUT2D eigenvalue weighted by Gasteiger charge is -2.43. The molecule has 0 heterocycles. The molecule has 3 atom stereocenters. The Bertz CT molecular complexity index is 1220. The fourth-order valence-corrected chi connectivity index (χ4v) is 8.35. The standard InChI is InChI=1S/C33H46O4S2Si/c1-32(2,3)40(6,7)37-33(4,19-17-25-13-14-26-11-8-9-12-28(26)23-25)20-18-27-15-16-29(34)31(27)39-22-10-21-38-24-30(35)36-5/h8-9,11-16,18,20,23,27,31H,10,17,19,21-22,24H2,1-7H3/b20-18+/t27-,31-,33?/m1/s1. The Morgan fingerprint density at radius 1 is 1.05 bits per heavy atom. The van der Waals surface area contributed by atoms with Crippen LogP contribution in [-0.4, -0.2) is 55.3 Å². The first-order valence-electron chi connectivity index (χ1n) is 14.2. The number of benzene rings is 2. The van der Waals surface area contributed by atoms with Crippen LogP contribution in [-0.2, 0) is 25.2 Å². The molecule has 1 unspecified atom stereocenters. The van der Waals surface area contributed by atoms with Crippen LogP contribution in [0, 0.1) is 5.92 Å². The molecule has 1 aliphatic rings. The number of allylic oxidation sites excluding steroid dienone is 3. The summed E-state index contributed by atoms with van der Waals surface area (Å²) in [5.41, 5.74) is 0.875. The molecule has 0 aliphatic heterocycles. The lowest BCUT2D eigenvalue weighted by Crippen LogP contribution is -2.48. The van der Waals surface area contributed by atoms with Crippen LogP contribution in [0.3, 0.4) is 0 Å². The predicted octanol–water partition coefficient (Wildman–Crippen LogP) is 8.26. The van der Waals surface area contributed by atoms with E-state index in [1.807, 2.05) is 6.08 Å². The Balaban J connectivity index is 1.70. The predicted molar refractivity (Wildman–Crippen MR) is 176 cm³/mol. The van der Waals surface area contributed by atoms with Crippen LogP contribution in [0.5, 0.6) is 0 Å². The molecule has 3 rings (SSSR count). The third-order valence-corrected chi connectivity index (χ3v) is 15.0. The number of hydrogen-bond donors (Lipinski definition) is 0. The van der Waals surface area contributed by atoms with E-state index in [0.717, 1.165) is 30.8 Å². The summed E-state index contributed by atoms with van der Waals surface area (Å²) >= 11 is 3.30. The number of methoxy groups -OCH3 is 1. The van der Waals surface area contributed by atoms with E-state index >= 15 is 0 Å². The molecule has 1 aliphatic carbocycles. The van der Waals surface area contributed by atoms with Crippen molar-refractivity contribution in [2.75, 3.05) is 24.4 Å². The topological polar surface area (TPSA) is 52.6 Å². The molecule has 0 spiro atoms. The minimum Gasteiger partial charge on any atom is -0.468 e. The van der Waals surface area contributed by atoms with Gasteiger partial charge in [-0.15, -0.1) is 11.8 Å². The molecule has 0 bridgehead atoms. The fourth-order valence-electron chi connectivity index (χ4n) is 4.54. The Morgan fingerprint density at radius 3 is 2.48 bits per heavy atom. The number of esters is 1. The Hall–Kier alpha value is -1.80. The highest BCUT2D eigenvalue weighted by Crippen LogP contribution is 2.41. The third kappa shape index (κ3) is 9.36. The molecule has 2 aromatic rings. The Morgan fingerprint density at radius 2 is 1.77 bits per heavy atom. The van der Waals surface area contributed by atoms with E-state index in [1.165, 1.54) is 23.4 Å². The molecule has 4 nitrogen and oxygen atoms in total. The summed E-state index contributed by atoms with van der Waals surface area (Å²) < 4.78 is 11.8. The first-order valence-corrected chi connectivity index (χ1v) is 19.3. The zero-order valence-corrected chi connectivity index (χ0v) is 27.8. The number of carbonyl (C=O) groups is 2. The second kappa shape index (κ2) is 14.4. The molecule has 218 valence electrons. The van der Waals surface area contributed by atoms with Crippen LogP contribution in [0.15, 0.2) is 66.8 Å². The van der Waals surface area contributed by atoms with Crippen LogP contribution >= 0.6 is 23.5 Å². The first-order chi connectivity index (χ1) is 18.8. The van der Waals surface area contributed by atoms with E-state index in [4.69, 9.17) is 9.16 Å². The van der Waals surface area contributed by atoms with Gasteiger partial charge in [-0.2, -0.15) is 11.8 Å². The minimum absolute atomic E-state index is 0.0585. The van der Waals surface area contributed by atoms with Crippen LogP contribution in [0.2, 0.25) is 18.1 Å². The minimum atomic E-state index is -2.05. The van der Waals surface area contributed by atoms with Crippen molar-refractivity contribution in [1.82, 2.24) is 0 Å². The van der Waals surface area contributed by atoms with Crippen molar-refractivity contribution in [3.63, 3.8) is 0 Å². The number of hydrogen-bond acceptors (Lipinski definition) is 6. The van der Waals surface area contributed by atoms with E-state index in [1.54, 1.807) is 29.6 Å². The van der Waals surface area contributed by atoms with E-state index < -0.39 is 13.9 Å². The van der Waals surface area contributed by atoms with Gasteiger partial charge in [0, 0.05) is 5.92 Å². The highest BCUT2D eigenvalue weighted by Gasteiger charge is 2.42. The Labute approximate surface area is 250 Å². The maximum Gasteiger partial charge on any atom is 0.315 e. The summed E-state index contributed by atoms with van der Waals surface area (Å²) in [6, 6.07) is 15.2. The highest BCUT2D eigenvalue weighted by molar-refractivity contribution is 8.01. The number of rotatable bonds is 14. The normalized spacial score (nSPS) is 19.4. The summed E-state index contributed by atoms with van der Waals surface area (Å²) in [7, 11) is -0.637. The highest BCUT2D eigenvalue weighted by atomic mass is 32.2. The average molecular weight is 599 g/mol. The summed E-state index contributed by atoms with van der Waals surface area (Å²) in [6.45, 7) is 13.7. The second-order valence-electron chi connectivity index (χ2n) is 12.3. The molecule has 0 amide bonds. The summed E-state index contributed by atoms with van der Waals surface area (Å²) in [6.07, 6.45) is 11.0. The van der Waals surface area contributed by atoms with Gasteiger partial charge in [0.05, 0.1) is 23.7 Å². The van der Waals surface area contributed by atoms with Gasteiger partial charge >= 0.3 is 5.97 Å². The molecule has 2 aromatic carbocycles. The van der Waals surface area contributed by atoms with Gasteiger partial charge in [0.1, 0.15) is 0 Å². The van der Waals surface area contributed by atoms with Crippen molar-refractivity contribution in [1.29, 1.82) is 0 Å². The smallest absolute Gasteiger partial charge is 0.315 e. The van der Waals surface area contributed by atoms with Gasteiger partial charge in [0.15, 0.2) is 14.1 Å². The van der Waals surface area contributed by atoms with Crippen LogP contribution < -0.4 is 0 Å². The molecule has 0 radical (unpaired) electrons. The zero-order valence-electron chi connectivity index (χ0n) is 25.2. The van der Waals surface area contributed by atoms with Crippen molar-refractivity contribution >= 4 is 54.4 Å². The maximum absolute atomic E-state index is 12.7. The average Bonchev–Trinajstić information content (AvgIpc) is 3.26. The fraction of sp³-hybridized carbons (Fsp3) is 0.515. The number of fused-ring (bicyclic) bond motifs is 1. The zero-order chi connectivity index (χ0) is 29.4. The first kappa shape index (κ1) is 32.7. The van der Waals surface area contributed by atoms with Crippen molar-refractivity contribution in [2.24, 2.45) is 5.92 Å². The van der Waals surface area contributed by atoms with Crippen molar-refractivity contribution in [2.45, 2.75) is 75.9 Å². The number of thioether (sulfide) groups is 2. The van der Waals surface area contributed by atoms with Gasteiger partial charge in [0.25, 0.3) is 0 Å². The molecule has 0 saturated heterocycles. The quantitative estimate of drug-likeness (QED) is 0.0944. The molecule has 40 heavy (non-hydrogen) atoms. The van der Waals surface area contributed by atoms with E-state index in [-0.39, 0.29) is 28.0 Å². The van der Waals surface area contributed by atoms with Crippen LogP contribution in [0.4, 0.5) is 0 Å². The van der Waals surface area contributed by atoms with Gasteiger partial charge in [0.2, 0.25) is 0 Å². The number of carbonyl (C=O) groups excluding carboxylic acids is 2. The number of aryl methyl sites for hydroxylation is 1.